The number of carbonyl (C=O) groups excluding carboxylic acids is 2. The quantitative estimate of drug-likeness (QED) is 0.827. The molecule has 1 aromatic carbocycles. The molecule has 2 aromatic rings. The number of alkyl halides is 2. The number of thiophene rings is 1. The van der Waals surface area contributed by atoms with Gasteiger partial charge in [-0.25, -0.2) is 0 Å². The van der Waals surface area contributed by atoms with Gasteiger partial charge in [0.05, 0.1) is 11.1 Å². The molecule has 1 aliphatic carbocycles. The minimum Gasteiger partial charge on any atom is -0.434 e. The van der Waals surface area contributed by atoms with Gasteiger partial charge in [0, 0.05) is 4.88 Å². The highest BCUT2D eigenvalue weighted by atomic mass is 32.1. The molecule has 0 bridgehead atoms. The average molecular weight is 380 g/mol. The Kier molecular flexibility index (Phi) is 5.22. The standard InChI is InChI=1S/C18H18F2N2O3S/c1-9-6-7-11-13(8-9)26-17(14(11)15(21)23)22-16(24)10-4-2-3-5-12(10)25-18(19)20/h2-5,9,18H,6-8H2,1H3,(H2,21,23)(H,22,24)/t9-/m0/s1. The van der Waals surface area contributed by atoms with Crippen LogP contribution < -0.4 is 15.8 Å². The molecule has 0 unspecified atom stereocenters. The molecule has 0 aliphatic heterocycles. The molecule has 1 heterocycles. The highest BCUT2D eigenvalue weighted by Gasteiger charge is 2.28. The fourth-order valence-corrected chi connectivity index (χ4v) is 4.53. The topological polar surface area (TPSA) is 81.4 Å². The van der Waals surface area contributed by atoms with Crippen LogP contribution in [0.2, 0.25) is 0 Å². The summed E-state index contributed by atoms with van der Waals surface area (Å²) in [6, 6.07) is 5.71. The van der Waals surface area contributed by atoms with Crippen LogP contribution >= 0.6 is 11.3 Å². The molecule has 8 heteroatoms. The zero-order valence-electron chi connectivity index (χ0n) is 14.1. The molecule has 26 heavy (non-hydrogen) atoms. The van der Waals surface area contributed by atoms with Crippen LogP contribution in [0.3, 0.4) is 0 Å². The molecule has 0 fully saturated rings. The Bertz CT molecular complexity index is 851. The highest BCUT2D eigenvalue weighted by molar-refractivity contribution is 7.17. The lowest BCUT2D eigenvalue weighted by Gasteiger charge is -2.18. The number of primary amides is 1. The third-order valence-electron chi connectivity index (χ3n) is 4.33. The number of anilines is 1. The van der Waals surface area contributed by atoms with Gasteiger partial charge >= 0.3 is 6.61 Å². The molecular formula is C18H18F2N2O3S. The number of carbonyl (C=O) groups is 2. The molecular weight excluding hydrogens is 362 g/mol. The fraction of sp³-hybridized carbons (Fsp3) is 0.333. The van der Waals surface area contributed by atoms with Crippen LogP contribution in [0.1, 0.15) is 44.5 Å². The van der Waals surface area contributed by atoms with Crippen LogP contribution in [-0.4, -0.2) is 18.4 Å². The Labute approximate surface area is 153 Å². The number of nitrogens with one attached hydrogen (secondary N) is 1. The summed E-state index contributed by atoms with van der Waals surface area (Å²) in [6.45, 7) is -0.913. The van der Waals surface area contributed by atoms with E-state index in [9.17, 15) is 18.4 Å². The van der Waals surface area contributed by atoms with E-state index in [2.05, 4.69) is 17.0 Å². The molecule has 0 spiro atoms. The molecule has 1 atom stereocenters. The number of para-hydroxylation sites is 1. The summed E-state index contributed by atoms with van der Waals surface area (Å²) in [5, 5.41) is 3.00. The number of halogens is 2. The van der Waals surface area contributed by atoms with Gasteiger partial charge in [-0.2, -0.15) is 8.78 Å². The van der Waals surface area contributed by atoms with Gasteiger partial charge in [0.1, 0.15) is 10.8 Å². The summed E-state index contributed by atoms with van der Waals surface area (Å²) >= 11 is 1.32. The second kappa shape index (κ2) is 7.41. The van der Waals surface area contributed by atoms with E-state index in [0.717, 1.165) is 29.7 Å². The summed E-state index contributed by atoms with van der Waals surface area (Å²) < 4.78 is 29.5. The van der Waals surface area contributed by atoms with E-state index < -0.39 is 18.4 Å². The summed E-state index contributed by atoms with van der Waals surface area (Å²) in [5.41, 5.74) is 6.68. The van der Waals surface area contributed by atoms with E-state index in [-0.39, 0.29) is 11.3 Å². The van der Waals surface area contributed by atoms with E-state index in [1.54, 1.807) is 6.07 Å². The number of hydrogen-bond donors (Lipinski definition) is 2. The van der Waals surface area contributed by atoms with Crippen LogP contribution in [0.5, 0.6) is 5.75 Å². The summed E-state index contributed by atoms with van der Waals surface area (Å²) in [6.07, 6.45) is 2.50. The van der Waals surface area contributed by atoms with Crippen molar-refractivity contribution in [2.24, 2.45) is 11.7 Å². The smallest absolute Gasteiger partial charge is 0.387 e. The molecule has 2 amide bonds. The van der Waals surface area contributed by atoms with E-state index >= 15 is 0 Å². The first-order valence-corrected chi connectivity index (χ1v) is 8.98. The van der Waals surface area contributed by atoms with Crippen molar-refractivity contribution in [1.29, 1.82) is 0 Å². The van der Waals surface area contributed by atoms with Gasteiger partial charge in [-0.3, -0.25) is 9.59 Å². The minimum atomic E-state index is -3.04. The Morgan fingerprint density at radius 3 is 2.77 bits per heavy atom. The Balaban J connectivity index is 1.92. The van der Waals surface area contributed by atoms with Crippen LogP contribution in [0.25, 0.3) is 0 Å². The molecule has 0 radical (unpaired) electrons. The second-order valence-corrected chi connectivity index (χ2v) is 7.35. The molecule has 5 nitrogen and oxygen atoms in total. The lowest BCUT2D eigenvalue weighted by atomic mass is 9.88. The lowest BCUT2D eigenvalue weighted by molar-refractivity contribution is -0.0501. The van der Waals surface area contributed by atoms with Gasteiger partial charge in [0.2, 0.25) is 0 Å². The largest absolute Gasteiger partial charge is 0.434 e. The normalized spacial score (nSPS) is 16.2. The third kappa shape index (κ3) is 3.70. The zero-order chi connectivity index (χ0) is 18.8. The first kappa shape index (κ1) is 18.3. The summed E-state index contributed by atoms with van der Waals surface area (Å²) in [7, 11) is 0. The lowest BCUT2D eigenvalue weighted by Crippen LogP contribution is -2.20. The Morgan fingerprint density at radius 1 is 1.35 bits per heavy atom. The second-order valence-electron chi connectivity index (χ2n) is 6.25. The van der Waals surface area contributed by atoms with Crippen molar-refractivity contribution in [3.8, 4) is 5.75 Å². The van der Waals surface area contributed by atoms with Crippen LogP contribution in [0.15, 0.2) is 24.3 Å². The SMILES string of the molecule is C[C@H]1CCc2c(sc(NC(=O)c3ccccc3OC(F)F)c2C(N)=O)C1. The van der Waals surface area contributed by atoms with Crippen molar-refractivity contribution < 1.29 is 23.1 Å². The number of benzene rings is 1. The number of ether oxygens (including phenoxy) is 1. The van der Waals surface area contributed by atoms with E-state index in [0.29, 0.717) is 16.5 Å². The van der Waals surface area contributed by atoms with E-state index in [4.69, 9.17) is 5.73 Å². The highest BCUT2D eigenvalue weighted by Crippen LogP contribution is 2.39. The van der Waals surface area contributed by atoms with E-state index in [1.165, 1.54) is 29.5 Å². The van der Waals surface area contributed by atoms with Crippen molar-refractivity contribution >= 4 is 28.2 Å². The maximum Gasteiger partial charge on any atom is 0.387 e. The molecule has 1 aliphatic rings. The van der Waals surface area contributed by atoms with Gasteiger partial charge in [0.25, 0.3) is 11.8 Å². The zero-order valence-corrected chi connectivity index (χ0v) is 14.9. The first-order chi connectivity index (χ1) is 12.4. The maximum absolute atomic E-state index is 12.6. The summed E-state index contributed by atoms with van der Waals surface area (Å²) in [4.78, 5) is 25.5. The minimum absolute atomic E-state index is 0.0389. The molecule has 3 N–H and O–H groups in total. The predicted octanol–water partition coefficient (Wildman–Crippen LogP) is 3.83. The number of hydrogen-bond acceptors (Lipinski definition) is 4. The van der Waals surface area contributed by atoms with Gasteiger partial charge in [-0.05, 0) is 42.9 Å². The molecule has 0 saturated carbocycles. The summed E-state index contributed by atoms with van der Waals surface area (Å²) in [5.74, 6) is -0.971. The van der Waals surface area contributed by atoms with Gasteiger partial charge in [-0.1, -0.05) is 19.1 Å². The van der Waals surface area contributed by atoms with Gasteiger partial charge in [-0.15, -0.1) is 11.3 Å². The maximum atomic E-state index is 12.6. The first-order valence-electron chi connectivity index (χ1n) is 8.16. The molecule has 0 saturated heterocycles. The van der Waals surface area contributed by atoms with Crippen molar-refractivity contribution in [2.45, 2.75) is 32.8 Å². The number of amides is 2. The molecule has 138 valence electrons. The van der Waals surface area contributed by atoms with Gasteiger partial charge < -0.3 is 15.8 Å². The Hall–Kier alpha value is -2.48. The van der Waals surface area contributed by atoms with E-state index in [1.807, 2.05) is 0 Å². The van der Waals surface area contributed by atoms with Crippen molar-refractivity contribution in [3.05, 3.63) is 45.8 Å². The number of fused-ring (bicyclic) bond motifs is 1. The van der Waals surface area contributed by atoms with Crippen LogP contribution in [-0.2, 0) is 12.8 Å². The number of rotatable bonds is 5. The fourth-order valence-electron chi connectivity index (χ4n) is 3.12. The van der Waals surface area contributed by atoms with Crippen molar-refractivity contribution in [3.63, 3.8) is 0 Å². The van der Waals surface area contributed by atoms with Crippen LogP contribution in [0.4, 0.5) is 13.8 Å². The Morgan fingerprint density at radius 2 is 2.08 bits per heavy atom. The van der Waals surface area contributed by atoms with Crippen molar-refractivity contribution in [2.75, 3.05) is 5.32 Å². The van der Waals surface area contributed by atoms with Crippen LogP contribution in [0, 0.1) is 5.92 Å². The molecule has 3 rings (SSSR count). The predicted molar refractivity (Wildman–Crippen MR) is 95.1 cm³/mol. The molecule has 1 aromatic heterocycles. The average Bonchev–Trinajstić information content (AvgIpc) is 2.91. The monoisotopic (exact) mass is 380 g/mol. The third-order valence-corrected chi connectivity index (χ3v) is 5.50. The van der Waals surface area contributed by atoms with Gasteiger partial charge in [0.15, 0.2) is 0 Å². The number of nitrogens with two attached hydrogens (primary N) is 1. The van der Waals surface area contributed by atoms with Crippen molar-refractivity contribution in [1.82, 2.24) is 0 Å².